The van der Waals surface area contributed by atoms with Crippen molar-refractivity contribution in [1.29, 1.82) is 0 Å². The monoisotopic (exact) mass is 861 g/mol. The summed E-state index contributed by atoms with van der Waals surface area (Å²) in [7, 11) is 0. The van der Waals surface area contributed by atoms with E-state index in [0.29, 0.717) is 0 Å². The van der Waals surface area contributed by atoms with Crippen molar-refractivity contribution in [2.24, 2.45) is 0 Å². The van der Waals surface area contributed by atoms with Gasteiger partial charge < -0.3 is 14.7 Å². The van der Waals surface area contributed by atoms with Gasteiger partial charge in [-0.2, -0.15) is 0 Å². The Labute approximate surface area is 382 Å². The SMILES string of the molecule is CCCCCCCCN(CCCCCCCC)C(=O)CN(CC(=O)N(CCCCCCCC)CCCCCCCC)CC(=O)N(CCCCCCCC)CCCCCCCC. The molecule has 7 heteroatoms. The fourth-order valence-corrected chi connectivity index (χ4v) is 8.62. The lowest BCUT2D eigenvalue weighted by Gasteiger charge is -2.31. The second-order valence-corrected chi connectivity index (χ2v) is 18.9. The summed E-state index contributed by atoms with van der Waals surface area (Å²) in [5.41, 5.74) is 0. The van der Waals surface area contributed by atoms with E-state index in [1.54, 1.807) is 0 Å². The highest BCUT2D eigenvalue weighted by Crippen LogP contribution is 2.14. The molecule has 0 fully saturated rings. The van der Waals surface area contributed by atoms with Crippen LogP contribution in [0.3, 0.4) is 0 Å². The summed E-state index contributed by atoms with van der Waals surface area (Å²) < 4.78 is 0. The van der Waals surface area contributed by atoms with E-state index in [-0.39, 0.29) is 37.4 Å². The van der Waals surface area contributed by atoms with Gasteiger partial charge in [-0.1, -0.05) is 234 Å². The van der Waals surface area contributed by atoms with Crippen molar-refractivity contribution >= 4 is 17.7 Å². The number of carbonyl (C=O) groups is 3. The maximum Gasteiger partial charge on any atom is 0.236 e. The first-order valence-electron chi connectivity index (χ1n) is 27.4. The zero-order valence-corrected chi connectivity index (χ0v) is 42.3. The van der Waals surface area contributed by atoms with Crippen molar-refractivity contribution in [2.75, 3.05) is 58.9 Å². The third-order valence-corrected chi connectivity index (χ3v) is 12.8. The van der Waals surface area contributed by atoms with Crippen LogP contribution >= 0.6 is 0 Å². The Morgan fingerprint density at radius 1 is 0.230 bits per heavy atom. The van der Waals surface area contributed by atoms with Crippen LogP contribution in [0.2, 0.25) is 0 Å². The van der Waals surface area contributed by atoms with Crippen molar-refractivity contribution in [2.45, 2.75) is 273 Å². The molecular formula is C54H108N4O3. The average molecular weight is 861 g/mol. The summed E-state index contributed by atoms with van der Waals surface area (Å²) in [6.07, 6.45) is 43.1. The fraction of sp³-hybridized carbons (Fsp3) is 0.944. The molecule has 0 aliphatic rings. The zero-order chi connectivity index (χ0) is 44.9. The second-order valence-electron chi connectivity index (χ2n) is 18.9. The normalized spacial score (nSPS) is 11.5. The molecule has 0 aromatic carbocycles. The summed E-state index contributed by atoms with van der Waals surface area (Å²) in [6.45, 7) is 18.6. The van der Waals surface area contributed by atoms with Gasteiger partial charge in [-0.05, 0) is 38.5 Å². The first-order valence-corrected chi connectivity index (χ1v) is 27.4. The van der Waals surface area contributed by atoms with Gasteiger partial charge in [0.15, 0.2) is 0 Å². The van der Waals surface area contributed by atoms with Crippen LogP contribution in [0.15, 0.2) is 0 Å². The molecule has 0 aromatic heterocycles. The van der Waals surface area contributed by atoms with Gasteiger partial charge in [0.05, 0.1) is 19.6 Å². The summed E-state index contributed by atoms with van der Waals surface area (Å²) in [5, 5.41) is 0. The molecule has 0 unspecified atom stereocenters. The van der Waals surface area contributed by atoms with E-state index in [4.69, 9.17) is 0 Å². The first kappa shape index (κ1) is 59.4. The maximum atomic E-state index is 14.4. The average Bonchev–Trinajstić information content (AvgIpc) is 3.25. The Balaban J connectivity index is 6.26. The molecule has 0 radical (unpaired) electrons. The molecule has 61 heavy (non-hydrogen) atoms. The number of hydrogen-bond acceptors (Lipinski definition) is 4. The molecule has 0 heterocycles. The molecule has 0 atom stereocenters. The minimum absolute atomic E-state index is 0.0968. The number of carbonyl (C=O) groups excluding carboxylic acids is 3. The predicted octanol–water partition coefficient (Wildman–Crippen LogP) is 14.9. The molecule has 0 aliphatic carbocycles. The van der Waals surface area contributed by atoms with Crippen LogP contribution in [0.5, 0.6) is 0 Å². The highest BCUT2D eigenvalue weighted by molar-refractivity contribution is 5.84. The minimum atomic E-state index is 0.0968. The number of unbranched alkanes of at least 4 members (excludes halogenated alkanes) is 30. The molecule has 0 spiro atoms. The standard InChI is InChI=1S/C54H108N4O3/c1-7-13-19-25-31-37-43-56(44-38-32-26-20-14-8-2)52(59)49-55(50-53(60)57(45-39-33-27-21-15-9-3)46-40-34-28-22-16-10-4)51-54(61)58(47-41-35-29-23-17-11-5)48-42-36-30-24-18-12-6/h7-51H2,1-6H3. The number of amides is 3. The zero-order valence-electron chi connectivity index (χ0n) is 42.3. The summed E-state index contributed by atoms with van der Waals surface area (Å²) in [4.78, 5) is 51.5. The number of rotatable bonds is 48. The maximum absolute atomic E-state index is 14.4. The second kappa shape index (κ2) is 46.4. The predicted molar refractivity (Wildman–Crippen MR) is 266 cm³/mol. The molecule has 0 bridgehead atoms. The quantitative estimate of drug-likeness (QED) is 0.0572. The molecule has 0 aromatic rings. The van der Waals surface area contributed by atoms with E-state index < -0.39 is 0 Å². The summed E-state index contributed by atoms with van der Waals surface area (Å²) in [6, 6.07) is 0. The van der Waals surface area contributed by atoms with Crippen LogP contribution in [0.1, 0.15) is 273 Å². The Hall–Kier alpha value is -1.63. The van der Waals surface area contributed by atoms with Crippen LogP contribution in [-0.4, -0.2) is 96.2 Å². The Bertz CT molecular complexity index is 794. The number of hydrogen-bond donors (Lipinski definition) is 0. The lowest BCUT2D eigenvalue weighted by atomic mass is 10.1. The Kier molecular flexibility index (Phi) is 45.1. The van der Waals surface area contributed by atoms with Crippen molar-refractivity contribution in [3.8, 4) is 0 Å². The lowest BCUT2D eigenvalue weighted by Crippen LogP contribution is -2.50. The molecule has 0 N–H and O–H groups in total. The van der Waals surface area contributed by atoms with Gasteiger partial charge in [0.25, 0.3) is 0 Å². The minimum Gasteiger partial charge on any atom is -0.342 e. The summed E-state index contributed by atoms with van der Waals surface area (Å²) >= 11 is 0. The Morgan fingerprint density at radius 3 is 0.541 bits per heavy atom. The van der Waals surface area contributed by atoms with Gasteiger partial charge >= 0.3 is 0 Å². The van der Waals surface area contributed by atoms with Gasteiger partial charge in [-0.15, -0.1) is 0 Å². The van der Waals surface area contributed by atoms with E-state index in [2.05, 4.69) is 56.2 Å². The summed E-state index contributed by atoms with van der Waals surface area (Å²) in [5.74, 6) is 0.290. The van der Waals surface area contributed by atoms with Gasteiger partial charge in [0, 0.05) is 39.3 Å². The smallest absolute Gasteiger partial charge is 0.236 e. The highest BCUT2D eigenvalue weighted by Gasteiger charge is 2.26. The van der Waals surface area contributed by atoms with Gasteiger partial charge in [-0.3, -0.25) is 19.3 Å². The molecule has 0 saturated heterocycles. The molecule has 7 nitrogen and oxygen atoms in total. The largest absolute Gasteiger partial charge is 0.342 e. The van der Waals surface area contributed by atoms with E-state index in [9.17, 15) is 14.4 Å². The van der Waals surface area contributed by atoms with Gasteiger partial charge in [0.1, 0.15) is 0 Å². The molecule has 0 aliphatic heterocycles. The van der Waals surface area contributed by atoms with E-state index in [1.165, 1.54) is 154 Å². The Morgan fingerprint density at radius 2 is 0.377 bits per heavy atom. The van der Waals surface area contributed by atoms with Crippen LogP contribution < -0.4 is 0 Å². The van der Waals surface area contributed by atoms with E-state index in [1.807, 2.05) is 4.90 Å². The van der Waals surface area contributed by atoms with E-state index in [0.717, 1.165) is 116 Å². The van der Waals surface area contributed by atoms with Crippen molar-refractivity contribution in [3.63, 3.8) is 0 Å². The van der Waals surface area contributed by atoms with Crippen LogP contribution in [0, 0.1) is 0 Å². The van der Waals surface area contributed by atoms with Crippen molar-refractivity contribution in [1.82, 2.24) is 19.6 Å². The third kappa shape index (κ3) is 37.5. The van der Waals surface area contributed by atoms with Crippen LogP contribution in [0.25, 0.3) is 0 Å². The van der Waals surface area contributed by atoms with Crippen molar-refractivity contribution in [3.05, 3.63) is 0 Å². The molecular weight excluding hydrogens is 753 g/mol. The lowest BCUT2D eigenvalue weighted by molar-refractivity contribution is -0.139. The molecule has 0 saturated carbocycles. The van der Waals surface area contributed by atoms with E-state index >= 15 is 0 Å². The van der Waals surface area contributed by atoms with Crippen LogP contribution in [0.4, 0.5) is 0 Å². The topological polar surface area (TPSA) is 64.2 Å². The highest BCUT2D eigenvalue weighted by atomic mass is 16.2. The van der Waals surface area contributed by atoms with Gasteiger partial charge in [0.2, 0.25) is 17.7 Å². The van der Waals surface area contributed by atoms with Gasteiger partial charge in [-0.25, -0.2) is 0 Å². The van der Waals surface area contributed by atoms with Crippen LogP contribution in [-0.2, 0) is 14.4 Å². The molecule has 3 amide bonds. The number of nitrogens with zero attached hydrogens (tertiary/aromatic N) is 4. The fourth-order valence-electron chi connectivity index (χ4n) is 8.62. The molecule has 0 rings (SSSR count). The first-order chi connectivity index (χ1) is 29.9. The molecule has 362 valence electrons. The van der Waals surface area contributed by atoms with Crippen molar-refractivity contribution < 1.29 is 14.4 Å². The third-order valence-electron chi connectivity index (χ3n) is 12.8.